The Morgan fingerprint density at radius 1 is 1.24 bits per heavy atom. The van der Waals surface area contributed by atoms with Gasteiger partial charge in [0.15, 0.2) is 5.78 Å². The Hall–Kier alpha value is -3.28. The highest BCUT2D eigenvalue weighted by atomic mass is 16.2. The lowest BCUT2D eigenvalue weighted by Gasteiger charge is -2.35. The number of likely N-dealkylation sites (tertiary alicyclic amines) is 1. The minimum absolute atomic E-state index is 0.0376. The molecular weight excluding hydrogens is 430 g/mol. The van der Waals surface area contributed by atoms with Crippen LogP contribution in [0, 0.1) is 5.41 Å². The van der Waals surface area contributed by atoms with Gasteiger partial charge in [-0.25, -0.2) is 0 Å². The molecule has 4 amide bonds. The van der Waals surface area contributed by atoms with E-state index in [0.717, 1.165) is 0 Å². The van der Waals surface area contributed by atoms with Gasteiger partial charge in [-0.2, -0.15) is 5.10 Å². The van der Waals surface area contributed by atoms with Crippen molar-refractivity contribution in [3.8, 4) is 0 Å². The molecule has 0 spiro atoms. The van der Waals surface area contributed by atoms with Gasteiger partial charge in [0.05, 0.1) is 6.04 Å². The van der Waals surface area contributed by atoms with Crippen LogP contribution in [0.15, 0.2) is 6.07 Å². The molecule has 4 atom stereocenters. The van der Waals surface area contributed by atoms with Gasteiger partial charge in [0.2, 0.25) is 17.7 Å². The summed E-state index contributed by atoms with van der Waals surface area (Å²) < 4.78 is 0. The van der Waals surface area contributed by atoms with Crippen molar-refractivity contribution in [2.45, 2.75) is 65.2 Å². The molecule has 12 heteroatoms. The predicted molar refractivity (Wildman–Crippen MR) is 119 cm³/mol. The van der Waals surface area contributed by atoms with Crippen LogP contribution in [0.4, 0.5) is 0 Å². The summed E-state index contributed by atoms with van der Waals surface area (Å²) in [5, 5.41) is 14.6. The Kier molecular flexibility index (Phi) is 7.96. The van der Waals surface area contributed by atoms with Crippen LogP contribution < -0.4 is 21.7 Å². The second-order valence-corrected chi connectivity index (χ2v) is 9.36. The maximum Gasteiger partial charge on any atom is 0.269 e. The van der Waals surface area contributed by atoms with Crippen molar-refractivity contribution in [2.24, 2.45) is 11.1 Å². The van der Waals surface area contributed by atoms with E-state index in [9.17, 15) is 24.0 Å². The number of carbonyl (C=O) groups excluding carboxylic acids is 5. The molecule has 1 aliphatic rings. The first-order valence-electron chi connectivity index (χ1n) is 10.7. The van der Waals surface area contributed by atoms with Crippen LogP contribution in [0.5, 0.6) is 0 Å². The van der Waals surface area contributed by atoms with E-state index in [2.05, 4.69) is 26.1 Å². The summed E-state index contributed by atoms with van der Waals surface area (Å²) in [6.07, 6.45) is 0.123. The largest absolute Gasteiger partial charge is 0.368 e. The Morgan fingerprint density at radius 2 is 1.88 bits per heavy atom. The Balaban J connectivity index is 2.20. The standard InChI is InChI=1S/C21H33N7O5/c1-10(23-6)18(31)25-16(21(3,4)5)20(33)28-9-12(7-15(28)17(22)30)24-19(32)14-8-13(11(2)29)26-27-14/h8,10,12,15-16,23H,7,9H2,1-6H3,(H2,22,30)(H,24,32)(H,25,31)(H,26,27)/t10?,12?,15?,16-/m1/s1. The van der Waals surface area contributed by atoms with E-state index < -0.39 is 47.3 Å². The molecule has 12 nitrogen and oxygen atoms in total. The number of nitrogens with two attached hydrogens (primary N) is 1. The molecule has 3 unspecified atom stereocenters. The highest BCUT2D eigenvalue weighted by Gasteiger charge is 2.44. The van der Waals surface area contributed by atoms with E-state index in [4.69, 9.17) is 5.73 Å². The van der Waals surface area contributed by atoms with Gasteiger partial charge in [-0.3, -0.25) is 29.1 Å². The van der Waals surface area contributed by atoms with Crippen molar-refractivity contribution in [2.75, 3.05) is 13.6 Å². The molecule has 1 saturated heterocycles. The normalized spacial score (nSPS) is 20.1. The lowest BCUT2D eigenvalue weighted by Crippen LogP contribution is -2.59. The summed E-state index contributed by atoms with van der Waals surface area (Å²) in [6, 6.07) is -1.61. The number of carbonyl (C=O) groups is 5. The number of H-pyrrole nitrogens is 1. The molecule has 0 radical (unpaired) electrons. The topological polar surface area (TPSA) is 179 Å². The molecule has 33 heavy (non-hydrogen) atoms. The number of rotatable bonds is 8. The SMILES string of the molecule is CNC(C)C(=O)N[C@H](C(=O)N1CC(NC(=O)c2cc(C(C)=O)n[nH]2)CC1C(N)=O)C(C)(C)C. The first-order valence-corrected chi connectivity index (χ1v) is 10.7. The van der Waals surface area contributed by atoms with Crippen molar-refractivity contribution in [1.82, 2.24) is 31.0 Å². The first kappa shape index (κ1) is 26.0. The van der Waals surface area contributed by atoms with E-state index in [0.29, 0.717) is 0 Å². The molecule has 1 aromatic heterocycles. The van der Waals surface area contributed by atoms with Gasteiger partial charge >= 0.3 is 0 Å². The zero-order valence-electron chi connectivity index (χ0n) is 19.8. The summed E-state index contributed by atoms with van der Waals surface area (Å²) >= 11 is 0. The van der Waals surface area contributed by atoms with Crippen molar-refractivity contribution < 1.29 is 24.0 Å². The zero-order chi connectivity index (χ0) is 25.1. The van der Waals surface area contributed by atoms with Crippen LogP contribution in [-0.2, 0) is 14.4 Å². The van der Waals surface area contributed by atoms with Crippen molar-refractivity contribution >= 4 is 29.4 Å². The third kappa shape index (κ3) is 6.15. The number of likely N-dealkylation sites (N-methyl/N-ethyl adjacent to an activating group) is 1. The molecule has 0 bridgehead atoms. The highest BCUT2D eigenvalue weighted by molar-refractivity contribution is 5.98. The molecule has 0 saturated carbocycles. The molecule has 182 valence electrons. The number of ketones is 1. The van der Waals surface area contributed by atoms with Crippen LogP contribution >= 0.6 is 0 Å². The average molecular weight is 464 g/mol. The van der Waals surface area contributed by atoms with Crippen LogP contribution in [0.2, 0.25) is 0 Å². The van der Waals surface area contributed by atoms with Gasteiger partial charge < -0.3 is 26.6 Å². The van der Waals surface area contributed by atoms with Crippen molar-refractivity contribution in [3.63, 3.8) is 0 Å². The van der Waals surface area contributed by atoms with Gasteiger partial charge in [-0.15, -0.1) is 0 Å². The van der Waals surface area contributed by atoms with Gasteiger partial charge in [0, 0.05) is 19.5 Å². The highest BCUT2D eigenvalue weighted by Crippen LogP contribution is 2.26. The maximum atomic E-state index is 13.4. The first-order chi connectivity index (χ1) is 15.3. The third-order valence-electron chi connectivity index (χ3n) is 5.66. The van der Waals surface area contributed by atoms with E-state index in [-0.39, 0.29) is 36.0 Å². The predicted octanol–water partition coefficient (Wildman–Crippen LogP) is -1.06. The summed E-state index contributed by atoms with van der Waals surface area (Å²) in [6.45, 7) is 8.45. The number of aromatic nitrogens is 2. The fourth-order valence-electron chi connectivity index (χ4n) is 3.55. The molecule has 1 fully saturated rings. The Morgan fingerprint density at radius 3 is 2.36 bits per heavy atom. The second-order valence-electron chi connectivity index (χ2n) is 9.36. The number of hydrogen-bond acceptors (Lipinski definition) is 7. The number of nitrogens with one attached hydrogen (secondary N) is 4. The van der Waals surface area contributed by atoms with Crippen LogP contribution in [0.25, 0.3) is 0 Å². The molecule has 6 N–H and O–H groups in total. The summed E-state index contributed by atoms with van der Waals surface area (Å²) in [5.41, 5.74) is 5.11. The van der Waals surface area contributed by atoms with E-state index in [1.165, 1.54) is 17.9 Å². The van der Waals surface area contributed by atoms with Crippen molar-refractivity contribution in [3.05, 3.63) is 17.5 Å². The molecule has 1 aliphatic heterocycles. The van der Waals surface area contributed by atoms with Crippen molar-refractivity contribution in [1.29, 1.82) is 0 Å². The molecular formula is C21H33N7O5. The van der Waals surface area contributed by atoms with Crippen LogP contribution in [0.1, 0.15) is 62.0 Å². The third-order valence-corrected chi connectivity index (χ3v) is 5.66. The number of Topliss-reactive ketones (excluding diaryl/α,β-unsaturated/α-hetero) is 1. The molecule has 0 aromatic carbocycles. The van der Waals surface area contributed by atoms with Gasteiger partial charge in [0.1, 0.15) is 23.5 Å². The fourth-order valence-corrected chi connectivity index (χ4v) is 3.55. The summed E-state index contributed by atoms with van der Waals surface area (Å²) in [7, 11) is 1.63. The zero-order valence-corrected chi connectivity index (χ0v) is 19.8. The summed E-state index contributed by atoms with van der Waals surface area (Å²) in [5.74, 6) is -2.34. The monoisotopic (exact) mass is 463 g/mol. The van der Waals surface area contributed by atoms with E-state index in [1.54, 1.807) is 34.7 Å². The number of nitrogens with zero attached hydrogens (tertiary/aromatic N) is 2. The van der Waals surface area contributed by atoms with Gasteiger partial charge in [-0.1, -0.05) is 20.8 Å². The quantitative estimate of drug-likeness (QED) is 0.305. The van der Waals surface area contributed by atoms with Crippen LogP contribution in [-0.4, -0.2) is 82.3 Å². The molecule has 1 aromatic rings. The summed E-state index contributed by atoms with van der Waals surface area (Å²) in [4.78, 5) is 63.3. The number of amides is 4. The fraction of sp³-hybridized carbons (Fsp3) is 0.619. The number of aromatic amines is 1. The Bertz CT molecular complexity index is 936. The number of hydrogen-bond donors (Lipinski definition) is 5. The molecule has 0 aliphatic carbocycles. The minimum Gasteiger partial charge on any atom is -0.368 e. The van der Waals surface area contributed by atoms with E-state index >= 15 is 0 Å². The maximum absolute atomic E-state index is 13.4. The lowest BCUT2D eigenvalue weighted by molar-refractivity contribution is -0.143. The minimum atomic E-state index is -0.944. The lowest BCUT2D eigenvalue weighted by atomic mass is 9.85. The number of primary amides is 1. The Labute approximate surface area is 192 Å². The smallest absolute Gasteiger partial charge is 0.269 e. The van der Waals surface area contributed by atoms with E-state index in [1.807, 2.05) is 0 Å². The molecule has 2 rings (SSSR count). The average Bonchev–Trinajstić information content (AvgIpc) is 3.37. The van der Waals surface area contributed by atoms with Gasteiger partial charge in [0.25, 0.3) is 5.91 Å². The van der Waals surface area contributed by atoms with Gasteiger partial charge in [-0.05, 0) is 31.9 Å². The second kappa shape index (κ2) is 10.1. The molecule has 2 heterocycles. The van der Waals surface area contributed by atoms with Crippen LogP contribution in [0.3, 0.4) is 0 Å².